The van der Waals surface area contributed by atoms with Gasteiger partial charge in [-0.25, -0.2) is 9.07 Å². The average molecular weight is 341 g/mol. The van der Waals surface area contributed by atoms with Crippen molar-refractivity contribution in [2.24, 2.45) is 0 Å². The number of hydrogen-bond donors (Lipinski definition) is 2. The number of aliphatic hydroxyl groups excluding tert-OH is 1. The molecule has 0 spiro atoms. The van der Waals surface area contributed by atoms with Crippen LogP contribution in [0.5, 0.6) is 0 Å². The third kappa shape index (κ3) is 3.86. The molecule has 1 aromatic carbocycles. The van der Waals surface area contributed by atoms with Crippen LogP contribution < -0.4 is 5.32 Å². The highest BCUT2D eigenvalue weighted by Gasteiger charge is 2.20. The van der Waals surface area contributed by atoms with Gasteiger partial charge < -0.3 is 10.4 Å². The Hall–Kier alpha value is -1.99. The lowest BCUT2D eigenvalue weighted by molar-refractivity contribution is 0.0923. The van der Waals surface area contributed by atoms with Crippen LogP contribution in [0.3, 0.4) is 0 Å². The summed E-state index contributed by atoms with van der Waals surface area (Å²) in [6.45, 7) is 3.61. The van der Waals surface area contributed by atoms with Crippen LogP contribution in [0, 0.1) is 12.7 Å². The molecule has 1 unspecified atom stereocenters. The first-order chi connectivity index (χ1) is 11.0. The predicted octanol–water partition coefficient (Wildman–Crippen LogP) is 2.26. The zero-order chi connectivity index (χ0) is 17.0. The topological polar surface area (TPSA) is 80.0 Å². The van der Waals surface area contributed by atoms with Crippen molar-refractivity contribution in [1.29, 1.82) is 0 Å². The van der Waals surface area contributed by atoms with E-state index in [1.807, 2.05) is 6.92 Å². The summed E-state index contributed by atoms with van der Waals surface area (Å²) < 4.78 is 14.7. The average Bonchev–Trinajstić information content (AvgIpc) is 2.91. The monoisotopic (exact) mass is 340 g/mol. The van der Waals surface area contributed by atoms with Crippen LogP contribution in [-0.2, 0) is 0 Å². The molecule has 23 heavy (non-hydrogen) atoms. The van der Waals surface area contributed by atoms with Gasteiger partial charge in [-0.2, -0.15) is 0 Å². The van der Waals surface area contributed by atoms with Gasteiger partial charge in [0.2, 0.25) is 0 Å². The fraction of sp³-hybridized carbons (Fsp3) is 0.400. The highest BCUT2D eigenvalue weighted by molar-refractivity contribution is 6.30. The molecule has 124 valence electrons. The molecule has 0 bridgehead atoms. The molecular formula is C15H18ClFN4O2. The maximum absolute atomic E-state index is 13.2. The lowest BCUT2D eigenvalue weighted by atomic mass is 10.1. The lowest BCUT2D eigenvalue weighted by Gasteiger charge is -2.14. The number of hydrogen-bond acceptors (Lipinski definition) is 4. The largest absolute Gasteiger partial charge is 0.396 e. The van der Waals surface area contributed by atoms with E-state index < -0.39 is 5.82 Å². The van der Waals surface area contributed by atoms with Crippen molar-refractivity contribution < 1.29 is 14.3 Å². The Morgan fingerprint density at radius 2 is 2.26 bits per heavy atom. The van der Waals surface area contributed by atoms with Crippen LogP contribution in [0.1, 0.15) is 35.9 Å². The number of carbonyl (C=O) groups is 1. The Balaban J connectivity index is 2.24. The summed E-state index contributed by atoms with van der Waals surface area (Å²) in [5, 5.41) is 19.6. The molecule has 2 aromatic rings. The summed E-state index contributed by atoms with van der Waals surface area (Å²) in [4.78, 5) is 12.3. The van der Waals surface area contributed by atoms with E-state index in [1.54, 1.807) is 6.92 Å². The maximum Gasteiger partial charge on any atom is 0.273 e. The first kappa shape index (κ1) is 17.4. The van der Waals surface area contributed by atoms with Gasteiger partial charge in [0.05, 0.1) is 16.4 Å². The quantitative estimate of drug-likeness (QED) is 0.845. The van der Waals surface area contributed by atoms with Gasteiger partial charge in [0.1, 0.15) is 5.82 Å². The zero-order valence-electron chi connectivity index (χ0n) is 12.9. The predicted molar refractivity (Wildman–Crippen MR) is 84.3 cm³/mol. The van der Waals surface area contributed by atoms with Crippen LogP contribution in [0.25, 0.3) is 5.69 Å². The highest BCUT2D eigenvalue weighted by atomic mass is 35.5. The normalized spacial score (nSPS) is 12.2. The molecule has 2 N–H and O–H groups in total. The zero-order valence-corrected chi connectivity index (χ0v) is 13.6. The molecule has 0 saturated heterocycles. The Morgan fingerprint density at radius 1 is 1.52 bits per heavy atom. The van der Waals surface area contributed by atoms with Crippen molar-refractivity contribution in [2.75, 3.05) is 6.61 Å². The Kier molecular flexibility index (Phi) is 5.68. The van der Waals surface area contributed by atoms with Crippen LogP contribution in [0.4, 0.5) is 4.39 Å². The van der Waals surface area contributed by atoms with E-state index in [1.165, 1.54) is 22.9 Å². The number of nitrogens with zero attached hydrogens (tertiary/aromatic N) is 3. The number of carbonyl (C=O) groups excluding carboxylic acids is 1. The van der Waals surface area contributed by atoms with Gasteiger partial charge in [0.25, 0.3) is 5.91 Å². The summed E-state index contributed by atoms with van der Waals surface area (Å²) in [5.41, 5.74) is 1.22. The van der Waals surface area contributed by atoms with Crippen molar-refractivity contribution in [1.82, 2.24) is 20.3 Å². The summed E-state index contributed by atoms with van der Waals surface area (Å²) >= 11 is 5.77. The van der Waals surface area contributed by atoms with E-state index in [2.05, 4.69) is 15.6 Å². The molecule has 1 amide bonds. The van der Waals surface area contributed by atoms with E-state index in [4.69, 9.17) is 16.7 Å². The standard InChI is InChI=1S/C15H18ClFN4O2/c1-3-10(6-7-22)18-15(23)14-9(2)21(20-19-14)11-4-5-13(17)12(16)8-11/h4-5,8,10,22H,3,6-7H2,1-2H3,(H,18,23). The smallest absolute Gasteiger partial charge is 0.273 e. The molecule has 6 nitrogen and oxygen atoms in total. The Bertz CT molecular complexity index is 705. The molecule has 0 aliphatic rings. The minimum Gasteiger partial charge on any atom is -0.396 e. The highest BCUT2D eigenvalue weighted by Crippen LogP contribution is 2.20. The number of amides is 1. The molecule has 2 rings (SSSR count). The van der Waals surface area contributed by atoms with Crippen molar-refractivity contribution in [3.05, 3.63) is 40.4 Å². The molecule has 0 radical (unpaired) electrons. The maximum atomic E-state index is 13.2. The summed E-state index contributed by atoms with van der Waals surface area (Å²) in [7, 11) is 0. The fourth-order valence-corrected chi connectivity index (χ4v) is 2.36. The number of halogens is 2. The molecule has 1 aromatic heterocycles. The first-order valence-electron chi connectivity index (χ1n) is 7.27. The van der Waals surface area contributed by atoms with E-state index >= 15 is 0 Å². The number of benzene rings is 1. The van der Waals surface area contributed by atoms with E-state index in [0.29, 0.717) is 24.2 Å². The second-order valence-electron chi connectivity index (χ2n) is 5.12. The van der Waals surface area contributed by atoms with E-state index in [0.717, 1.165) is 0 Å². The van der Waals surface area contributed by atoms with Gasteiger partial charge >= 0.3 is 0 Å². The Morgan fingerprint density at radius 3 is 2.87 bits per heavy atom. The lowest BCUT2D eigenvalue weighted by Crippen LogP contribution is -2.35. The molecule has 0 fully saturated rings. The third-order valence-corrected chi connectivity index (χ3v) is 3.85. The van der Waals surface area contributed by atoms with Crippen molar-refractivity contribution in [2.45, 2.75) is 32.7 Å². The summed E-state index contributed by atoms with van der Waals surface area (Å²) in [6, 6.07) is 4.02. The molecule has 8 heteroatoms. The minimum absolute atomic E-state index is 0.00145. The molecule has 1 atom stereocenters. The molecule has 1 heterocycles. The number of aliphatic hydroxyl groups is 1. The van der Waals surface area contributed by atoms with Crippen molar-refractivity contribution in [3.63, 3.8) is 0 Å². The van der Waals surface area contributed by atoms with Crippen molar-refractivity contribution in [3.8, 4) is 5.69 Å². The second kappa shape index (κ2) is 7.52. The van der Waals surface area contributed by atoms with Crippen molar-refractivity contribution >= 4 is 17.5 Å². The van der Waals surface area contributed by atoms with Gasteiger partial charge in [-0.3, -0.25) is 4.79 Å². The van der Waals surface area contributed by atoms with Gasteiger partial charge in [-0.15, -0.1) is 5.10 Å². The minimum atomic E-state index is -0.527. The number of aromatic nitrogens is 3. The van der Waals surface area contributed by atoms with Crippen LogP contribution in [0.2, 0.25) is 5.02 Å². The molecule has 0 saturated carbocycles. The molecule has 0 aliphatic heterocycles. The first-order valence-corrected chi connectivity index (χ1v) is 7.65. The molecular weight excluding hydrogens is 323 g/mol. The summed E-state index contributed by atoms with van der Waals surface area (Å²) in [6.07, 6.45) is 1.18. The fourth-order valence-electron chi connectivity index (χ4n) is 2.19. The van der Waals surface area contributed by atoms with Crippen LogP contribution >= 0.6 is 11.6 Å². The molecule has 0 aliphatic carbocycles. The van der Waals surface area contributed by atoms with E-state index in [-0.39, 0.29) is 29.3 Å². The number of rotatable bonds is 6. The third-order valence-electron chi connectivity index (χ3n) is 3.56. The SMILES string of the molecule is CCC(CCO)NC(=O)c1nnn(-c2ccc(F)c(Cl)c2)c1C. The van der Waals surface area contributed by atoms with Gasteiger partial charge in [0, 0.05) is 12.6 Å². The number of nitrogens with one attached hydrogen (secondary N) is 1. The van der Waals surface area contributed by atoms with Gasteiger partial charge in [-0.1, -0.05) is 23.7 Å². The van der Waals surface area contributed by atoms with Gasteiger partial charge in [0.15, 0.2) is 5.69 Å². The van der Waals surface area contributed by atoms with Crippen LogP contribution in [-0.4, -0.2) is 38.7 Å². The van der Waals surface area contributed by atoms with Gasteiger partial charge in [-0.05, 0) is 38.0 Å². The van der Waals surface area contributed by atoms with Crippen LogP contribution in [0.15, 0.2) is 18.2 Å². The summed E-state index contributed by atoms with van der Waals surface area (Å²) in [5.74, 6) is -0.886. The Labute approximate surface area is 138 Å². The van der Waals surface area contributed by atoms with E-state index in [9.17, 15) is 9.18 Å². The second-order valence-corrected chi connectivity index (χ2v) is 5.53.